The van der Waals surface area contributed by atoms with Gasteiger partial charge in [-0.15, -0.1) is 0 Å². The number of benzene rings is 2. The highest BCUT2D eigenvalue weighted by Gasteiger charge is 2.18. The number of methoxy groups -OCH3 is 2. The van der Waals surface area contributed by atoms with Crippen LogP contribution in [0.4, 0.5) is 10.1 Å². The van der Waals surface area contributed by atoms with Gasteiger partial charge in [0, 0.05) is 30.5 Å². The molecule has 0 aliphatic rings. The SMILES string of the molecule is COc1cc(NC(=O)CCC(=O)c2ccc(F)cc2)c(C(=O)O)cc1OC. The summed E-state index contributed by atoms with van der Waals surface area (Å²) in [6.45, 7) is 0. The van der Waals surface area contributed by atoms with Gasteiger partial charge in [0.25, 0.3) is 0 Å². The van der Waals surface area contributed by atoms with E-state index < -0.39 is 17.7 Å². The molecular formula is C19H18FNO6. The zero-order valence-electron chi connectivity index (χ0n) is 14.7. The molecule has 0 aliphatic carbocycles. The fourth-order valence-electron chi connectivity index (χ4n) is 2.38. The number of aromatic carboxylic acids is 1. The first-order valence-corrected chi connectivity index (χ1v) is 7.93. The molecular weight excluding hydrogens is 357 g/mol. The van der Waals surface area contributed by atoms with Crippen molar-refractivity contribution in [3.05, 3.63) is 53.3 Å². The summed E-state index contributed by atoms with van der Waals surface area (Å²) in [6.07, 6.45) is -0.267. The molecule has 0 unspecified atom stereocenters. The van der Waals surface area contributed by atoms with Crippen LogP contribution < -0.4 is 14.8 Å². The second-order valence-electron chi connectivity index (χ2n) is 5.54. The molecule has 0 atom stereocenters. The Morgan fingerprint density at radius 3 is 2.15 bits per heavy atom. The molecule has 0 aromatic heterocycles. The predicted octanol–water partition coefficient (Wildman–Crippen LogP) is 3.14. The molecule has 7 nitrogen and oxygen atoms in total. The van der Waals surface area contributed by atoms with Crippen molar-refractivity contribution < 1.29 is 33.4 Å². The lowest BCUT2D eigenvalue weighted by Crippen LogP contribution is -2.16. The van der Waals surface area contributed by atoms with E-state index in [9.17, 15) is 23.9 Å². The molecule has 0 spiro atoms. The second kappa shape index (κ2) is 8.79. The minimum absolute atomic E-state index is 0.0272. The number of carboxylic acids is 1. The number of hydrogen-bond acceptors (Lipinski definition) is 5. The Morgan fingerprint density at radius 2 is 1.59 bits per heavy atom. The molecule has 1 amide bonds. The Kier molecular flexibility index (Phi) is 6.48. The maximum Gasteiger partial charge on any atom is 0.337 e. The number of nitrogens with one attached hydrogen (secondary N) is 1. The summed E-state index contributed by atoms with van der Waals surface area (Å²) < 4.78 is 23.0. The van der Waals surface area contributed by atoms with Crippen LogP contribution in [0.1, 0.15) is 33.6 Å². The molecule has 0 saturated heterocycles. The highest BCUT2D eigenvalue weighted by molar-refractivity contribution is 6.03. The van der Waals surface area contributed by atoms with Crippen LogP contribution in [-0.4, -0.2) is 37.0 Å². The van der Waals surface area contributed by atoms with Crippen LogP contribution in [0.25, 0.3) is 0 Å². The Bertz CT molecular complexity index is 863. The van der Waals surface area contributed by atoms with Gasteiger partial charge >= 0.3 is 5.97 Å². The molecule has 0 heterocycles. The Labute approximate surface area is 154 Å². The fraction of sp³-hybridized carbons (Fsp3) is 0.211. The molecule has 0 radical (unpaired) electrons. The van der Waals surface area contributed by atoms with Gasteiger partial charge in [-0.2, -0.15) is 0 Å². The van der Waals surface area contributed by atoms with E-state index in [1.54, 1.807) is 0 Å². The van der Waals surface area contributed by atoms with E-state index in [-0.39, 0.29) is 41.4 Å². The molecule has 0 fully saturated rings. The third-order valence-electron chi connectivity index (χ3n) is 3.77. The highest BCUT2D eigenvalue weighted by atomic mass is 19.1. The van der Waals surface area contributed by atoms with Gasteiger partial charge in [0.15, 0.2) is 17.3 Å². The minimum Gasteiger partial charge on any atom is -0.493 e. The van der Waals surface area contributed by atoms with Gasteiger partial charge in [-0.1, -0.05) is 0 Å². The van der Waals surface area contributed by atoms with Crippen molar-refractivity contribution in [2.75, 3.05) is 19.5 Å². The molecule has 8 heteroatoms. The molecule has 142 valence electrons. The zero-order chi connectivity index (χ0) is 20.0. The Morgan fingerprint density at radius 1 is 1.00 bits per heavy atom. The predicted molar refractivity (Wildman–Crippen MR) is 95.1 cm³/mol. The van der Waals surface area contributed by atoms with Gasteiger partial charge in [0.1, 0.15) is 5.82 Å². The normalized spacial score (nSPS) is 10.2. The van der Waals surface area contributed by atoms with Gasteiger partial charge < -0.3 is 19.9 Å². The van der Waals surface area contributed by atoms with E-state index in [4.69, 9.17) is 9.47 Å². The van der Waals surface area contributed by atoms with Crippen LogP contribution in [0.15, 0.2) is 36.4 Å². The standard InChI is InChI=1S/C19H18FNO6/c1-26-16-9-13(19(24)25)14(10-17(16)27-2)21-18(23)8-7-15(22)11-3-5-12(20)6-4-11/h3-6,9-10H,7-8H2,1-2H3,(H,21,23)(H,24,25). The van der Waals surface area contributed by atoms with Crippen LogP contribution in [0.2, 0.25) is 0 Å². The lowest BCUT2D eigenvalue weighted by Gasteiger charge is -2.13. The largest absolute Gasteiger partial charge is 0.493 e. The van der Waals surface area contributed by atoms with Gasteiger partial charge in [-0.05, 0) is 24.3 Å². The number of carbonyl (C=O) groups excluding carboxylic acids is 2. The van der Waals surface area contributed by atoms with Gasteiger partial charge in [-0.3, -0.25) is 9.59 Å². The van der Waals surface area contributed by atoms with Crippen molar-refractivity contribution in [2.24, 2.45) is 0 Å². The average Bonchev–Trinajstić information content (AvgIpc) is 2.66. The number of amides is 1. The first-order valence-electron chi connectivity index (χ1n) is 7.93. The Hall–Kier alpha value is -3.42. The smallest absolute Gasteiger partial charge is 0.337 e. The van der Waals surface area contributed by atoms with Crippen LogP contribution in [0.5, 0.6) is 11.5 Å². The van der Waals surface area contributed by atoms with Gasteiger partial charge in [0.2, 0.25) is 5.91 Å². The highest BCUT2D eigenvalue weighted by Crippen LogP contribution is 2.33. The van der Waals surface area contributed by atoms with Crippen LogP contribution in [-0.2, 0) is 4.79 Å². The van der Waals surface area contributed by atoms with E-state index >= 15 is 0 Å². The summed E-state index contributed by atoms with van der Waals surface area (Å²) in [5.74, 6) is -2.12. The monoisotopic (exact) mass is 375 g/mol. The molecule has 0 saturated carbocycles. The third-order valence-corrected chi connectivity index (χ3v) is 3.77. The van der Waals surface area contributed by atoms with Crippen LogP contribution in [0, 0.1) is 5.82 Å². The van der Waals surface area contributed by atoms with E-state index in [1.807, 2.05) is 0 Å². The summed E-state index contributed by atoms with van der Waals surface area (Å²) in [5.41, 5.74) is 0.145. The number of carboxylic acid groups (broad SMARTS) is 1. The molecule has 2 aromatic carbocycles. The first kappa shape index (κ1) is 19.9. The Balaban J connectivity index is 2.09. The van der Waals surface area contributed by atoms with E-state index in [2.05, 4.69) is 5.32 Å². The van der Waals surface area contributed by atoms with Crippen molar-refractivity contribution in [3.63, 3.8) is 0 Å². The molecule has 2 rings (SSSR count). The fourth-order valence-corrected chi connectivity index (χ4v) is 2.38. The molecule has 27 heavy (non-hydrogen) atoms. The molecule has 0 bridgehead atoms. The average molecular weight is 375 g/mol. The molecule has 2 N–H and O–H groups in total. The number of carbonyl (C=O) groups is 3. The first-order chi connectivity index (χ1) is 12.8. The van der Waals surface area contributed by atoms with Crippen molar-refractivity contribution in [3.8, 4) is 11.5 Å². The number of anilines is 1. The summed E-state index contributed by atoms with van der Waals surface area (Å²) in [5, 5.41) is 11.8. The van der Waals surface area contributed by atoms with Crippen molar-refractivity contribution in [1.82, 2.24) is 0 Å². The van der Waals surface area contributed by atoms with E-state index in [0.29, 0.717) is 5.56 Å². The van der Waals surface area contributed by atoms with E-state index in [1.165, 1.54) is 38.5 Å². The number of hydrogen-bond donors (Lipinski definition) is 2. The van der Waals surface area contributed by atoms with Gasteiger partial charge in [-0.25, -0.2) is 9.18 Å². The summed E-state index contributed by atoms with van der Waals surface area (Å²) in [7, 11) is 2.74. The van der Waals surface area contributed by atoms with Crippen molar-refractivity contribution >= 4 is 23.3 Å². The summed E-state index contributed by atoms with van der Waals surface area (Å²) in [4.78, 5) is 35.6. The minimum atomic E-state index is -1.26. The van der Waals surface area contributed by atoms with Crippen molar-refractivity contribution in [1.29, 1.82) is 0 Å². The maximum atomic E-state index is 12.9. The van der Waals surface area contributed by atoms with Crippen LogP contribution in [0.3, 0.4) is 0 Å². The summed E-state index contributed by atoms with van der Waals surface area (Å²) >= 11 is 0. The maximum absolute atomic E-state index is 12.9. The zero-order valence-corrected chi connectivity index (χ0v) is 14.7. The molecule has 2 aromatic rings. The van der Waals surface area contributed by atoms with Crippen LogP contribution >= 0.6 is 0 Å². The number of ketones is 1. The summed E-state index contributed by atoms with van der Waals surface area (Å²) in [6, 6.07) is 7.58. The van der Waals surface area contributed by atoms with Crippen molar-refractivity contribution in [2.45, 2.75) is 12.8 Å². The van der Waals surface area contributed by atoms with E-state index in [0.717, 1.165) is 12.1 Å². The number of ether oxygens (including phenoxy) is 2. The number of Topliss-reactive ketones (excluding diaryl/α,β-unsaturated/α-hetero) is 1. The van der Waals surface area contributed by atoms with Gasteiger partial charge in [0.05, 0.1) is 25.5 Å². The second-order valence-corrected chi connectivity index (χ2v) is 5.54. The lowest BCUT2D eigenvalue weighted by atomic mass is 10.1. The number of halogens is 1. The lowest BCUT2D eigenvalue weighted by molar-refractivity contribution is -0.116. The number of rotatable bonds is 8. The quantitative estimate of drug-likeness (QED) is 0.687. The third kappa shape index (κ3) is 5.04. The topological polar surface area (TPSA) is 102 Å². The molecule has 0 aliphatic heterocycles.